The van der Waals surface area contributed by atoms with Gasteiger partial charge in [-0.2, -0.15) is 4.99 Å². The maximum Gasteiger partial charge on any atom is 0.505 e. The van der Waals surface area contributed by atoms with E-state index in [4.69, 9.17) is 13.3 Å². The molecule has 0 aromatic heterocycles. The molecule has 0 spiro atoms. The number of isocyanates is 1. The molecular weight excluding hydrogens is 226 g/mol. The predicted octanol–water partition coefficient (Wildman–Crippen LogP) is 2.11. The predicted molar refractivity (Wildman–Crippen MR) is 62.8 cm³/mol. The van der Waals surface area contributed by atoms with Crippen LogP contribution in [0.15, 0.2) is 4.99 Å². The summed E-state index contributed by atoms with van der Waals surface area (Å²) in [6.45, 7) is 10.4. The summed E-state index contributed by atoms with van der Waals surface area (Å²) in [5.41, 5.74) is 0.122. The molecule has 0 aliphatic rings. The third-order valence-corrected chi connectivity index (χ3v) is 5.43. The molecule has 5 nitrogen and oxygen atoms in total. The molecule has 0 aromatic carbocycles. The van der Waals surface area contributed by atoms with E-state index in [1.165, 1.54) is 6.08 Å². The first-order valence-corrected chi connectivity index (χ1v) is 7.35. The molecule has 0 N–H and O–H groups in total. The Balaban J connectivity index is 4.78. The summed E-state index contributed by atoms with van der Waals surface area (Å²) in [6.07, 6.45) is 0.895. The molecule has 0 aliphatic carbocycles. The molecule has 16 heavy (non-hydrogen) atoms. The fourth-order valence-corrected chi connectivity index (χ4v) is 3.81. The zero-order chi connectivity index (χ0) is 12.6. The largest absolute Gasteiger partial charge is 0.505 e. The van der Waals surface area contributed by atoms with E-state index in [-0.39, 0.29) is 5.54 Å². The summed E-state index contributed by atoms with van der Waals surface area (Å²) < 4.78 is 17.0. The lowest BCUT2D eigenvalue weighted by molar-refractivity contribution is 0.0349. The number of nitrogens with zero attached hydrogens (tertiary/aromatic N) is 1. The monoisotopic (exact) mass is 247 g/mol. The fourth-order valence-electron chi connectivity index (χ4n) is 1.32. The Morgan fingerprint density at radius 1 is 1.19 bits per heavy atom. The molecule has 0 bridgehead atoms. The zero-order valence-electron chi connectivity index (χ0n) is 10.6. The van der Waals surface area contributed by atoms with E-state index in [1.807, 2.05) is 27.7 Å². The minimum Gasteiger partial charge on any atom is -0.374 e. The van der Waals surface area contributed by atoms with Crippen LogP contribution in [0.4, 0.5) is 0 Å². The Kier molecular flexibility index (Phi) is 7.45. The van der Waals surface area contributed by atoms with Crippen LogP contribution in [0.3, 0.4) is 0 Å². The molecule has 1 atom stereocenters. The molecule has 0 aromatic rings. The second-order valence-corrected chi connectivity index (χ2v) is 6.74. The van der Waals surface area contributed by atoms with Gasteiger partial charge in [0.05, 0.1) is 0 Å². The summed E-state index contributed by atoms with van der Waals surface area (Å²) in [5.74, 6) is 0. The van der Waals surface area contributed by atoms with Gasteiger partial charge in [0.15, 0.2) is 6.23 Å². The third kappa shape index (κ3) is 4.55. The van der Waals surface area contributed by atoms with Crippen molar-refractivity contribution in [2.75, 3.05) is 13.2 Å². The molecular formula is C10H21NO4Si. The Labute approximate surface area is 98.2 Å². The molecule has 0 saturated heterocycles. The minimum absolute atomic E-state index is 0.122. The Hall–Kier alpha value is -0.523. The highest BCUT2D eigenvalue weighted by molar-refractivity contribution is 6.62. The normalized spacial score (nSPS) is 13.6. The number of rotatable bonds is 8. The molecule has 0 fully saturated rings. The van der Waals surface area contributed by atoms with Crippen LogP contribution < -0.4 is 0 Å². The lowest BCUT2D eigenvalue weighted by Crippen LogP contribution is -2.50. The Morgan fingerprint density at radius 3 is 2.00 bits per heavy atom. The first-order valence-electron chi connectivity index (χ1n) is 5.55. The fraction of sp³-hybridized carbons (Fsp3) is 0.900. The van der Waals surface area contributed by atoms with Crippen LogP contribution in [-0.4, -0.2) is 34.3 Å². The summed E-state index contributed by atoms with van der Waals surface area (Å²) in [6, 6.07) is 0. The molecule has 0 aliphatic heterocycles. The highest BCUT2D eigenvalue weighted by Crippen LogP contribution is 2.26. The number of carbonyl (C=O) groups excluding carboxylic acids is 1. The summed E-state index contributed by atoms with van der Waals surface area (Å²) in [4.78, 5) is 13.7. The van der Waals surface area contributed by atoms with E-state index in [0.717, 1.165) is 0 Å². The van der Waals surface area contributed by atoms with Crippen LogP contribution in [0.5, 0.6) is 0 Å². The molecule has 1 unspecified atom stereocenters. The summed E-state index contributed by atoms with van der Waals surface area (Å²) >= 11 is 0. The van der Waals surface area contributed by atoms with Crippen LogP contribution in [0.1, 0.15) is 34.6 Å². The van der Waals surface area contributed by atoms with E-state index in [9.17, 15) is 4.79 Å². The van der Waals surface area contributed by atoms with E-state index in [1.54, 1.807) is 6.92 Å². The van der Waals surface area contributed by atoms with Crippen molar-refractivity contribution in [1.29, 1.82) is 0 Å². The molecule has 0 saturated carbocycles. The Bertz CT molecular complexity index is 235. The minimum atomic E-state index is -2.75. The van der Waals surface area contributed by atoms with Crippen molar-refractivity contribution in [3.05, 3.63) is 0 Å². The van der Waals surface area contributed by atoms with Crippen LogP contribution in [0.2, 0.25) is 5.54 Å². The van der Waals surface area contributed by atoms with Crippen LogP contribution in [-0.2, 0) is 18.1 Å². The smallest absolute Gasteiger partial charge is 0.374 e. The second-order valence-electron chi connectivity index (χ2n) is 3.56. The molecule has 94 valence electrons. The quantitative estimate of drug-likeness (QED) is 0.374. The van der Waals surface area contributed by atoms with Gasteiger partial charge in [0.1, 0.15) is 0 Å². The van der Waals surface area contributed by atoms with E-state index < -0.39 is 15.0 Å². The van der Waals surface area contributed by atoms with E-state index in [0.29, 0.717) is 13.2 Å². The van der Waals surface area contributed by atoms with Crippen molar-refractivity contribution in [1.82, 2.24) is 0 Å². The maximum absolute atomic E-state index is 10.1. The number of hydrogen-bond donors (Lipinski definition) is 0. The number of hydrogen-bond acceptors (Lipinski definition) is 5. The van der Waals surface area contributed by atoms with Gasteiger partial charge in [-0.25, -0.2) is 4.79 Å². The van der Waals surface area contributed by atoms with Gasteiger partial charge in [-0.05, 0) is 20.8 Å². The van der Waals surface area contributed by atoms with Crippen molar-refractivity contribution in [2.24, 2.45) is 4.99 Å². The van der Waals surface area contributed by atoms with Gasteiger partial charge in [0.2, 0.25) is 6.08 Å². The second kappa shape index (κ2) is 7.70. The van der Waals surface area contributed by atoms with Crippen LogP contribution >= 0.6 is 0 Å². The van der Waals surface area contributed by atoms with Gasteiger partial charge in [0.25, 0.3) is 0 Å². The van der Waals surface area contributed by atoms with Crippen LogP contribution in [0, 0.1) is 0 Å². The van der Waals surface area contributed by atoms with Gasteiger partial charge in [-0.3, -0.25) is 0 Å². The molecule has 0 amide bonds. The van der Waals surface area contributed by atoms with Crippen LogP contribution in [0.25, 0.3) is 0 Å². The Morgan fingerprint density at radius 2 is 1.69 bits per heavy atom. The van der Waals surface area contributed by atoms with Crippen molar-refractivity contribution in [3.8, 4) is 0 Å². The lowest BCUT2D eigenvalue weighted by Gasteiger charge is -2.33. The molecule has 0 rings (SSSR count). The average molecular weight is 247 g/mol. The van der Waals surface area contributed by atoms with Crippen molar-refractivity contribution < 1.29 is 18.1 Å². The summed E-state index contributed by atoms with van der Waals surface area (Å²) in [7, 11) is -2.75. The first kappa shape index (κ1) is 15.5. The highest BCUT2D eigenvalue weighted by atomic mass is 28.4. The third-order valence-electron chi connectivity index (χ3n) is 1.97. The van der Waals surface area contributed by atoms with E-state index >= 15 is 0 Å². The van der Waals surface area contributed by atoms with Crippen molar-refractivity contribution >= 4 is 14.9 Å². The van der Waals surface area contributed by atoms with Gasteiger partial charge >= 0.3 is 8.80 Å². The molecule has 0 heterocycles. The first-order chi connectivity index (χ1) is 7.52. The van der Waals surface area contributed by atoms with Crippen molar-refractivity contribution in [3.63, 3.8) is 0 Å². The topological polar surface area (TPSA) is 57.1 Å². The van der Waals surface area contributed by atoms with Crippen molar-refractivity contribution in [2.45, 2.75) is 46.4 Å². The van der Waals surface area contributed by atoms with Gasteiger partial charge < -0.3 is 13.3 Å². The lowest BCUT2D eigenvalue weighted by atomic mass is 10.6. The summed E-state index contributed by atoms with van der Waals surface area (Å²) in [5, 5.41) is 0. The zero-order valence-corrected chi connectivity index (χ0v) is 11.6. The standard InChI is InChI=1S/C10H21NO4Si/c1-6-13-16(9(3)4,14-7-2)15-10(5)11-8-12/h9-10H,6-7H2,1-5H3. The SMILES string of the molecule is CCO[Si](OCC)(OC(C)N=C=O)C(C)C. The van der Waals surface area contributed by atoms with Gasteiger partial charge in [-0.15, -0.1) is 0 Å². The molecule has 6 heteroatoms. The van der Waals surface area contributed by atoms with E-state index in [2.05, 4.69) is 4.99 Å². The van der Waals surface area contributed by atoms with Gasteiger partial charge in [0, 0.05) is 18.8 Å². The number of aliphatic imine (C=N–C) groups is 1. The molecule has 0 radical (unpaired) electrons. The highest BCUT2D eigenvalue weighted by Gasteiger charge is 2.46. The maximum atomic E-state index is 10.1. The average Bonchev–Trinajstić information content (AvgIpc) is 2.18. The van der Waals surface area contributed by atoms with Gasteiger partial charge in [-0.1, -0.05) is 13.8 Å².